The van der Waals surface area contributed by atoms with Crippen LogP contribution in [0.5, 0.6) is 0 Å². The van der Waals surface area contributed by atoms with Gasteiger partial charge in [0.1, 0.15) is 0 Å². The summed E-state index contributed by atoms with van der Waals surface area (Å²) < 4.78 is 2.17. The van der Waals surface area contributed by atoms with Crippen molar-refractivity contribution in [3.63, 3.8) is 0 Å². The molecular formula is C12H23N3O. The zero-order valence-electron chi connectivity index (χ0n) is 10.5. The molecule has 2 N–H and O–H groups in total. The van der Waals surface area contributed by atoms with E-state index in [-0.39, 0.29) is 6.61 Å². The molecule has 4 nitrogen and oxygen atoms in total. The van der Waals surface area contributed by atoms with E-state index in [1.165, 1.54) is 5.69 Å². The molecule has 1 atom stereocenters. The molecule has 1 aromatic heterocycles. The summed E-state index contributed by atoms with van der Waals surface area (Å²) in [4.78, 5) is 4.17. The normalized spacial score (nSPS) is 13.3. The van der Waals surface area contributed by atoms with E-state index in [1.54, 1.807) is 0 Å². The molecule has 0 radical (unpaired) electrons. The van der Waals surface area contributed by atoms with Gasteiger partial charge in [0, 0.05) is 31.4 Å². The number of imidazole rings is 1. The Hall–Kier alpha value is -0.870. The fraction of sp³-hybridized carbons (Fsp3) is 0.750. The second-order valence-corrected chi connectivity index (χ2v) is 4.38. The molecule has 0 amide bonds. The average Bonchev–Trinajstić information content (AvgIpc) is 2.72. The Bertz CT molecular complexity index is 296. The largest absolute Gasteiger partial charge is 0.396 e. The van der Waals surface area contributed by atoms with Crippen LogP contribution in [0.25, 0.3) is 0 Å². The van der Waals surface area contributed by atoms with Crippen molar-refractivity contribution in [2.24, 2.45) is 0 Å². The summed E-state index contributed by atoms with van der Waals surface area (Å²) in [6.45, 7) is 7.49. The van der Waals surface area contributed by atoms with Crippen molar-refractivity contribution in [1.82, 2.24) is 14.9 Å². The average molecular weight is 225 g/mol. The van der Waals surface area contributed by atoms with Crippen LogP contribution in [0.4, 0.5) is 0 Å². The number of nitrogens with one attached hydrogen (secondary N) is 1. The van der Waals surface area contributed by atoms with Gasteiger partial charge in [-0.25, -0.2) is 4.98 Å². The monoisotopic (exact) mass is 225 g/mol. The zero-order valence-corrected chi connectivity index (χ0v) is 10.5. The second kappa shape index (κ2) is 6.66. The van der Waals surface area contributed by atoms with Crippen LogP contribution in [0, 0.1) is 0 Å². The van der Waals surface area contributed by atoms with E-state index in [1.807, 2.05) is 12.5 Å². The molecule has 0 saturated heterocycles. The molecule has 1 unspecified atom stereocenters. The van der Waals surface area contributed by atoms with Crippen LogP contribution in [0.2, 0.25) is 0 Å². The molecule has 16 heavy (non-hydrogen) atoms. The maximum atomic E-state index is 8.91. The fourth-order valence-corrected chi connectivity index (χ4v) is 1.79. The minimum absolute atomic E-state index is 0.245. The fourth-order valence-electron chi connectivity index (χ4n) is 1.79. The van der Waals surface area contributed by atoms with E-state index < -0.39 is 0 Å². The third-order valence-electron chi connectivity index (χ3n) is 2.84. The first-order chi connectivity index (χ1) is 7.69. The lowest BCUT2D eigenvalue weighted by Gasteiger charge is -2.17. The summed E-state index contributed by atoms with van der Waals surface area (Å²) in [6.07, 6.45) is 5.62. The van der Waals surface area contributed by atoms with Gasteiger partial charge in [0.2, 0.25) is 0 Å². The Morgan fingerprint density at radius 2 is 2.25 bits per heavy atom. The summed E-state index contributed by atoms with van der Waals surface area (Å²) in [6, 6.07) is 0.831. The third-order valence-corrected chi connectivity index (χ3v) is 2.84. The Balaban J connectivity index is 2.49. The number of nitrogens with zero attached hydrogens (tertiary/aromatic N) is 2. The van der Waals surface area contributed by atoms with Crippen LogP contribution < -0.4 is 5.32 Å². The topological polar surface area (TPSA) is 50.1 Å². The zero-order chi connectivity index (χ0) is 12.0. The smallest absolute Gasteiger partial charge is 0.0951 e. The van der Waals surface area contributed by atoms with Crippen LogP contribution in [-0.2, 0) is 6.54 Å². The summed E-state index contributed by atoms with van der Waals surface area (Å²) >= 11 is 0. The number of hydrogen-bond acceptors (Lipinski definition) is 3. The standard InChI is InChI=1S/C12H23N3O/c1-4-11(5-6-16)14-8-12-7-13-9-15(12)10(2)3/h7,9-11,14,16H,4-6,8H2,1-3H3. The molecule has 0 aliphatic carbocycles. The van der Waals surface area contributed by atoms with E-state index >= 15 is 0 Å². The van der Waals surface area contributed by atoms with Crippen molar-refractivity contribution in [3.05, 3.63) is 18.2 Å². The molecule has 1 heterocycles. The highest BCUT2D eigenvalue weighted by Gasteiger charge is 2.08. The van der Waals surface area contributed by atoms with Crippen molar-refractivity contribution >= 4 is 0 Å². The highest BCUT2D eigenvalue weighted by atomic mass is 16.3. The highest BCUT2D eigenvalue weighted by Crippen LogP contribution is 2.09. The van der Waals surface area contributed by atoms with Crippen LogP contribution in [0.1, 0.15) is 45.3 Å². The molecule has 1 aromatic rings. The van der Waals surface area contributed by atoms with Gasteiger partial charge in [-0.2, -0.15) is 0 Å². The number of aliphatic hydroxyl groups excluding tert-OH is 1. The first kappa shape index (κ1) is 13.2. The molecular weight excluding hydrogens is 202 g/mol. The molecule has 0 aromatic carbocycles. The van der Waals surface area contributed by atoms with E-state index in [4.69, 9.17) is 5.11 Å². The third kappa shape index (κ3) is 3.61. The number of rotatable bonds is 7. The lowest BCUT2D eigenvalue weighted by Crippen LogP contribution is -2.29. The summed E-state index contributed by atoms with van der Waals surface area (Å²) in [5.74, 6) is 0. The maximum absolute atomic E-state index is 8.91. The van der Waals surface area contributed by atoms with Crippen molar-refractivity contribution in [2.45, 2.75) is 52.2 Å². The summed E-state index contributed by atoms with van der Waals surface area (Å²) in [7, 11) is 0. The summed E-state index contributed by atoms with van der Waals surface area (Å²) in [5.41, 5.74) is 1.20. The molecule has 0 bridgehead atoms. The molecule has 0 aliphatic heterocycles. The number of aliphatic hydroxyl groups is 1. The molecule has 0 aliphatic rings. The van der Waals surface area contributed by atoms with Crippen molar-refractivity contribution in [2.75, 3.05) is 6.61 Å². The van der Waals surface area contributed by atoms with Crippen LogP contribution in [-0.4, -0.2) is 27.3 Å². The van der Waals surface area contributed by atoms with E-state index in [9.17, 15) is 0 Å². The van der Waals surface area contributed by atoms with Gasteiger partial charge in [0.25, 0.3) is 0 Å². The predicted molar refractivity (Wildman–Crippen MR) is 65.2 cm³/mol. The Labute approximate surface area is 97.7 Å². The van der Waals surface area contributed by atoms with Crippen LogP contribution >= 0.6 is 0 Å². The lowest BCUT2D eigenvalue weighted by atomic mass is 10.1. The van der Waals surface area contributed by atoms with Gasteiger partial charge < -0.3 is 15.0 Å². The summed E-state index contributed by atoms with van der Waals surface area (Å²) in [5, 5.41) is 12.4. The number of hydrogen-bond donors (Lipinski definition) is 2. The van der Waals surface area contributed by atoms with Gasteiger partial charge in [-0.05, 0) is 26.7 Å². The van der Waals surface area contributed by atoms with Gasteiger partial charge >= 0.3 is 0 Å². The van der Waals surface area contributed by atoms with Crippen molar-refractivity contribution < 1.29 is 5.11 Å². The van der Waals surface area contributed by atoms with E-state index in [0.717, 1.165) is 19.4 Å². The SMILES string of the molecule is CCC(CCO)NCc1cncn1C(C)C. The minimum Gasteiger partial charge on any atom is -0.396 e. The quantitative estimate of drug-likeness (QED) is 0.743. The Kier molecular flexibility index (Phi) is 5.49. The second-order valence-electron chi connectivity index (χ2n) is 4.38. The van der Waals surface area contributed by atoms with Gasteiger partial charge in [0.05, 0.1) is 12.0 Å². The Morgan fingerprint density at radius 3 is 2.81 bits per heavy atom. The van der Waals surface area contributed by atoms with Gasteiger partial charge in [0.15, 0.2) is 0 Å². The predicted octanol–water partition coefficient (Wildman–Crippen LogP) is 1.71. The van der Waals surface area contributed by atoms with Gasteiger partial charge in [-0.3, -0.25) is 0 Å². The molecule has 1 rings (SSSR count). The van der Waals surface area contributed by atoms with Crippen LogP contribution in [0.3, 0.4) is 0 Å². The van der Waals surface area contributed by atoms with Crippen LogP contribution in [0.15, 0.2) is 12.5 Å². The first-order valence-corrected chi connectivity index (χ1v) is 6.04. The van der Waals surface area contributed by atoms with E-state index in [0.29, 0.717) is 12.1 Å². The molecule has 0 spiro atoms. The number of aromatic nitrogens is 2. The minimum atomic E-state index is 0.245. The van der Waals surface area contributed by atoms with Gasteiger partial charge in [-0.15, -0.1) is 0 Å². The van der Waals surface area contributed by atoms with E-state index in [2.05, 4.69) is 35.6 Å². The lowest BCUT2D eigenvalue weighted by molar-refractivity contribution is 0.261. The Morgan fingerprint density at radius 1 is 1.50 bits per heavy atom. The highest BCUT2D eigenvalue weighted by molar-refractivity contribution is 4.99. The first-order valence-electron chi connectivity index (χ1n) is 6.04. The van der Waals surface area contributed by atoms with Crippen molar-refractivity contribution in [3.8, 4) is 0 Å². The molecule has 92 valence electrons. The van der Waals surface area contributed by atoms with Crippen molar-refractivity contribution in [1.29, 1.82) is 0 Å². The molecule has 4 heteroatoms. The molecule has 0 fully saturated rings. The molecule has 0 saturated carbocycles. The maximum Gasteiger partial charge on any atom is 0.0951 e. The van der Waals surface area contributed by atoms with Gasteiger partial charge in [-0.1, -0.05) is 6.92 Å².